The Labute approximate surface area is 252 Å². The highest BCUT2D eigenvalue weighted by Crippen LogP contribution is 2.40. The third-order valence-corrected chi connectivity index (χ3v) is 8.59. The zero-order valence-corrected chi connectivity index (χ0v) is 25.1. The number of ether oxygens (including phenoxy) is 4. The number of halogens is 1. The standard InChI is InChI=1S/C29H28FNO10S2/c1-14(29(36)37)9-18(33)24-11-16-22(43-24)13-20(28(31-16)39-3)40-7-4-8-41-27-19(38-2)12-21-15(26(27)30)10-23(42-21)17(32)5-6-25(34)35/h10-14H,4-9H2,1-3H3,(H,34,35)(H,36,37). The average molecular weight is 634 g/mol. The molecule has 43 heavy (non-hydrogen) atoms. The Kier molecular flexibility index (Phi) is 10.1. The molecule has 0 bridgehead atoms. The van der Waals surface area contributed by atoms with Gasteiger partial charge >= 0.3 is 11.9 Å². The lowest BCUT2D eigenvalue weighted by Crippen LogP contribution is -2.13. The van der Waals surface area contributed by atoms with Crippen LogP contribution < -0.4 is 18.9 Å². The molecule has 0 fully saturated rings. The number of pyridine rings is 1. The summed E-state index contributed by atoms with van der Waals surface area (Å²) in [6, 6.07) is 6.24. The minimum Gasteiger partial charge on any atom is -0.493 e. The van der Waals surface area contributed by atoms with Crippen LogP contribution in [0.5, 0.6) is 23.1 Å². The van der Waals surface area contributed by atoms with E-state index in [-0.39, 0.29) is 71.7 Å². The predicted molar refractivity (Wildman–Crippen MR) is 157 cm³/mol. The van der Waals surface area contributed by atoms with Crippen molar-refractivity contribution in [3.63, 3.8) is 0 Å². The molecule has 14 heteroatoms. The molecule has 2 N–H and O–H groups in total. The molecule has 3 heterocycles. The van der Waals surface area contributed by atoms with E-state index >= 15 is 4.39 Å². The minimum absolute atomic E-state index is 0.0602. The summed E-state index contributed by atoms with van der Waals surface area (Å²) in [5.41, 5.74) is 0.516. The molecule has 0 amide bonds. The number of fused-ring (bicyclic) bond motifs is 2. The largest absolute Gasteiger partial charge is 0.493 e. The van der Waals surface area contributed by atoms with Crippen molar-refractivity contribution in [2.45, 2.75) is 32.6 Å². The normalized spacial score (nSPS) is 11.8. The van der Waals surface area contributed by atoms with E-state index in [9.17, 15) is 19.2 Å². The highest BCUT2D eigenvalue weighted by atomic mass is 32.1. The maximum absolute atomic E-state index is 15.4. The molecule has 3 aromatic heterocycles. The molecule has 228 valence electrons. The van der Waals surface area contributed by atoms with Crippen molar-refractivity contribution >= 4 is 66.5 Å². The zero-order chi connectivity index (χ0) is 31.3. The molecule has 11 nitrogen and oxygen atoms in total. The summed E-state index contributed by atoms with van der Waals surface area (Å²) < 4.78 is 38.7. The molecule has 4 rings (SSSR count). The molecule has 1 unspecified atom stereocenters. The van der Waals surface area contributed by atoms with Crippen LogP contribution in [0.2, 0.25) is 0 Å². The Morgan fingerprint density at radius 2 is 1.56 bits per heavy atom. The summed E-state index contributed by atoms with van der Waals surface area (Å²) >= 11 is 2.23. The SMILES string of the molecule is COc1cc2sc(C(=O)CCC(=O)O)cc2c(F)c1OCCCOc1cc2sc(C(=O)CC(C)C(=O)O)cc2nc1OC. The van der Waals surface area contributed by atoms with Crippen molar-refractivity contribution in [2.75, 3.05) is 27.4 Å². The van der Waals surface area contributed by atoms with Crippen molar-refractivity contribution in [3.8, 4) is 23.1 Å². The molecule has 0 aliphatic heterocycles. The Hall–Kier alpha value is -4.30. The lowest BCUT2D eigenvalue weighted by molar-refractivity contribution is -0.141. The number of methoxy groups -OCH3 is 2. The maximum Gasteiger partial charge on any atom is 0.306 e. The number of Topliss-reactive ketones (excluding diaryl/α,β-unsaturated/α-hetero) is 2. The highest BCUT2D eigenvalue weighted by Gasteiger charge is 2.22. The van der Waals surface area contributed by atoms with Crippen LogP contribution in [-0.4, -0.2) is 66.1 Å². The van der Waals surface area contributed by atoms with Crippen molar-refractivity contribution < 1.29 is 52.7 Å². The molecule has 0 radical (unpaired) electrons. The van der Waals surface area contributed by atoms with Gasteiger partial charge in [-0.2, -0.15) is 0 Å². The first-order chi connectivity index (χ1) is 20.5. The van der Waals surface area contributed by atoms with E-state index in [1.165, 1.54) is 38.5 Å². The zero-order valence-electron chi connectivity index (χ0n) is 23.4. The van der Waals surface area contributed by atoms with Gasteiger partial charge in [-0.15, -0.1) is 22.7 Å². The molecule has 4 aromatic rings. The lowest BCUT2D eigenvalue weighted by atomic mass is 10.0. The molecule has 0 spiro atoms. The number of carbonyl (C=O) groups is 4. The van der Waals surface area contributed by atoms with Gasteiger partial charge < -0.3 is 29.2 Å². The van der Waals surface area contributed by atoms with E-state index in [0.717, 1.165) is 11.3 Å². The molecule has 0 saturated heterocycles. The van der Waals surface area contributed by atoms with Crippen LogP contribution in [0.15, 0.2) is 24.3 Å². The Balaban J connectivity index is 1.40. The third-order valence-electron chi connectivity index (χ3n) is 6.35. The van der Waals surface area contributed by atoms with E-state index < -0.39 is 23.7 Å². The molecule has 1 aromatic carbocycles. The quantitative estimate of drug-likeness (QED) is 0.112. The summed E-state index contributed by atoms with van der Waals surface area (Å²) in [7, 11) is 2.80. The number of hydrogen-bond donors (Lipinski definition) is 2. The number of aromatic nitrogens is 1. The van der Waals surface area contributed by atoms with Crippen LogP contribution >= 0.6 is 22.7 Å². The lowest BCUT2D eigenvalue weighted by Gasteiger charge is -2.13. The topological polar surface area (TPSA) is 159 Å². The summed E-state index contributed by atoms with van der Waals surface area (Å²) in [4.78, 5) is 51.8. The molecule has 0 saturated carbocycles. The monoisotopic (exact) mass is 633 g/mol. The molecular formula is C29H28FNO10S2. The van der Waals surface area contributed by atoms with E-state index in [1.807, 2.05) is 0 Å². The van der Waals surface area contributed by atoms with Gasteiger partial charge in [-0.05, 0) is 12.1 Å². The summed E-state index contributed by atoms with van der Waals surface area (Å²) in [5.74, 6) is -3.75. The Morgan fingerprint density at radius 3 is 2.23 bits per heavy atom. The van der Waals surface area contributed by atoms with Gasteiger partial charge in [0, 0.05) is 41.5 Å². The second kappa shape index (κ2) is 13.8. The van der Waals surface area contributed by atoms with Gasteiger partial charge in [0.2, 0.25) is 0 Å². The number of ketones is 2. The summed E-state index contributed by atoms with van der Waals surface area (Å²) in [5, 5.41) is 18.1. The number of thiophene rings is 2. The van der Waals surface area contributed by atoms with Crippen LogP contribution in [0.3, 0.4) is 0 Å². The number of carboxylic acids is 2. The fourth-order valence-corrected chi connectivity index (χ4v) is 6.10. The van der Waals surface area contributed by atoms with Crippen LogP contribution in [0.1, 0.15) is 52.0 Å². The molecule has 0 aliphatic carbocycles. The van der Waals surface area contributed by atoms with Crippen molar-refractivity contribution in [1.29, 1.82) is 0 Å². The van der Waals surface area contributed by atoms with Gasteiger partial charge in [-0.3, -0.25) is 19.2 Å². The minimum atomic E-state index is -1.09. The van der Waals surface area contributed by atoms with Crippen LogP contribution in [0, 0.1) is 11.7 Å². The molecular weight excluding hydrogens is 605 g/mol. The van der Waals surface area contributed by atoms with Gasteiger partial charge in [0.15, 0.2) is 34.6 Å². The molecule has 1 atom stereocenters. The first-order valence-corrected chi connectivity index (χ1v) is 14.7. The highest BCUT2D eigenvalue weighted by molar-refractivity contribution is 7.21. The molecule has 0 aliphatic rings. The van der Waals surface area contributed by atoms with Gasteiger partial charge in [0.25, 0.3) is 5.88 Å². The van der Waals surface area contributed by atoms with Crippen molar-refractivity contribution in [1.82, 2.24) is 4.98 Å². The number of aliphatic carboxylic acids is 2. The second-order valence-corrected chi connectivity index (χ2v) is 11.6. The number of hydrogen-bond acceptors (Lipinski definition) is 11. The smallest absolute Gasteiger partial charge is 0.306 e. The van der Waals surface area contributed by atoms with Crippen molar-refractivity contribution in [2.24, 2.45) is 5.92 Å². The summed E-state index contributed by atoms with van der Waals surface area (Å²) in [6.07, 6.45) is -0.284. The van der Waals surface area contributed by atoms with Gasteiger partial charge in [0.05, 0.1) is 59.7 Å². The Bertz CT molecular complexity index is 1700. The van der Waals surface area contributed by atoms with E-state index in [1.54, 1.807) is 18.2 Å². The van der Waals surface area contributed by atoms with Crippen LogP contribution in [-0.2, 0) is 9.59 Å². The van der Waals surface area contributed by atoms with Gasteiger partial charge in [0.1, 0.15) is 0 Å². The van der Waals surface area contributed by atoms with E-state index in [0.29, 0.717) is 32.0 Å². The number of nitrogens with zero attached hydrogens (tertiary/aromatic N) is 1. The number of benzene rings is 1. The Morgan fingerprint density at radius 1 is 0.884 bits per heavy atom. The van der Waals surface area contributed by atoms with E-state index in [4.69, 9.17) is 29.2 Å². The van der Waals surface area contributed by atoms with Gasteiger partial charge in [-0.25, -0.2) is 9.37 Å². The fraction of sp³-hybridized carbons (Fsp3) is 0.345. The van der Waals surface area contributed by atoms with E-state index in [2.05, 4.69) is 4.98 Å². The fourth-order valence-electron chi connectivity index (χ4n) is 4.07. The predicted octanol–water partition coefficient (Wildman–Crippen LogP) is 5.86. The summed E-state index contributed by atoms with van der Waals surface area (Å²) in [6.45, 7) is 1.69. The third kappa shape index (κ3) is 7.38. The second-order valence-electron chi connectivity index (χ2n) is 9.47. The number of carboxylic acid groups (broad SMARTS) is 2. The maximum atomic E-state index is 15.4. The van der Waals surface area contributed by atoms with Gasteiger partial charge in [-0.1, -0.05) is 6.92 Å². The first kappa shape index (κ1) is 31.6. The average Bonchev–Trinajstić information content (AvgIpc) is 3.60. The first-order valence-electron chi connectivity index (χ1n) is 13.1. The van der Waals surface area contributed by atoms with Crippen LogP contribution in [0.25, 0.3) is 20.3 Å². The van der Waals surface area contributed by atoms with Crippen molar-refractivity contribution in [3.05, 3.63) is 39.8 Å². The number of rotatable bonds is 16. The number of carbonyl (C=O) groups excluding carboxylic acids is 2. The van der Waals surface area contributed by atoms with Crippen LogP contribution in [0.4, 0.5) is 4.39 Å².